The molecule has 20 heavy (non-hydrogen) atoms. The molecule has 3 N–H and O–H groups in total. The van der Waals surface area contributed by atoms with Crippen molar-refractivity contribution in [1.29, 1.82) is 0 Å². The number of rotatable bonds is 4. The van der Waals surface area contributed by atoms with Crippen LogP contribution in [0.5, 0.6) is 0 Å². The van der Waals surface area contributed by atoms with E-state index in [0.29, 0.717) is 6.54 Å². The van der Waals surface area contributed by atoms with Crippen molar-refractivity contribution in [3.05, 3.63) is 35.7 Å². The maximum Gasteiger partial charge on any atom is 0.181 e. The minimum absolute atomic E-state index is 0.593. The number of aromatic amines is 1. The van der Waals surface area contributed by atoms with Gasteiger partial charge in [0, 0.05) is 12.0 Å². The van der Waals surface area contributed by atoms with E-state index in [4.69, 9.17) is 5.73 Å². The molecule has 2 aromatic rings. The standard InChI is InChI=1S/C16H22N4/c17-11-10-15-18-16(20-19-15)14-8-6-13(7-9-14)12-4-2-1-3-5-12/h6-9,12H,1-5,10-11,17H2,(H,18,19,20). The minimum atomic E-state index is 0.593. The Morgan fingerprint density at radius 3 is 2.55 bits per heavy atom. The van der Waals surface area contributed by atoms with Gasteiger partial charge in [0.1, 0.15) is 5.82 Å². The average molecular weight is 270 g/mol. The monoisotopic (exact) mass is 270 g/mol. The molecule has 0 spiro atoms. The topological polar surface area (TPSA) is 67.6 Å². The molecular formula is C16H22N4. The van der Waals surface area contributed by atoms with Gasteiger partial charge in [-0.05, 0) is 30.9 Å². The van der Waals surface area contributed by atoms with Crippen LogP contribution >= 0.6 is 0 Å². The number of nitrogens with zero attached hydrogens (tertiary/aromatic N) is 2. The van der Waals surface area contributed by atoms with Crippen molar-refractivity contribution in [2.75, 3.05) is 6.54 Å². The maximum absolute atomic E-state index is 5.52. The average Bonchev–Trinajstić information content (AvgIpc) is 2.97. The summed E-state index contributed by atoms with van der Waals surface area (Å²) in [6, 6.07) is 8.76. The van der Waals surface area contributed by atoms with E-state index in [-0.39, 0.29) is 0 Å². The number of hydrogen-bond acceptors (Lipinski definition) is 3. The molecule has 1 aromatic heterocycles. The molecular weight excluding hydrogens is 248 g/mol. The molecule has 1 aromatic carbocycles. The van der Waals surface area contributed by atoms with Crippen LogP contribution in [-0.4, -0.2) is 21.7 Å². The van der Waals surface area contributed by atoms with Gasteiger partial charge in [-0.15, -0.1) is 0 Å². The van der Waals surface area contributed by atoms with E-state index in [1.807, 2.05) is 0 Å². The quantitative estimate of drug-likeness (QED) is 0.897. The molecule has 0 atom stereocenters. The third kappa shape index (κ3) is 2.90. The molecule has 1 saturated carbocycles. The molecule has 3 rings (SSSR count). The molecule has 1 aliphatic rings. The zero-order chi connectivity index (χ0) is 13.8. The van der Waals surface area contributed by atoms with Crippen molar-refractivity contribution in [3.8, 4) is 11.4 Å². The number of nitrogens with two attached hydrogens (primary N) is 1. The Kier molecular flexibility index (Phi) is 4.11. The molecule has 0 unspecified atom stereocenters. The highest BCUT2D eigenvalue weighted by Crippen LogP contribution is 2.33. The van der Waals surface area contributed by atoms with Gasteiger partial charge in [-0.25, -0.2) is 4.98 Å². The number of hydrogen-bond donors (Lipinski definition) is 2. The van der Waals surface area contributed by atoms with E-state index >= 15 is 0 Å². The van der Waals surface area contributed by atoms with E-state index in [2.05, 4.69) is 39.4 Å². The Bertz CT molecular complexity index is 538. The van der Waals surface area contributed by atoms with Gasteiger partial charge in [-0.1, -0.05) is 43.5 Å². The number of aromatic nitrogens is 3. The molecule has 4 heteroatoms. The van der Waals surface area contributed by atoms with Crippen LogP contribution in [0.2, 0.25) is 0 Å². The normalized spacial score (nSPS) is 16.4. The van der Waals surface area contributed by atoms with Crippen molar-refractivity contribution >= 4 is 0 Å². The number of benzene rings is 1. The van der Waals surface area contributed by atoms with E-state index in [0.717, 1.165) is 29.6 Å². The van der Waals surface area contributed by atoms with Crippen LogP contribution < -0.4 is 5.73 Å². The predicted octanol–water partition coefficient (Wildman–Crippen LogP) is 3.02. The van der Waals surface area contributed by atoms with Gasteiger partial charge in [-0.3, -0.25) is 5.10 Å². The second kappa shape index (κ2) is 6.18. The Morgan fingerprint density at radius 1 is 1.10 bits per heavy atom. The smallest absolute Gasteiger partial charge is 0.181 e. The van der Waals surface area contributed by atoms with Gasteiger partial charge in [0.05, 0.1) is 0 Å². The molecule has 0 amide bonds. The summed E-state index contributed by atoms with van der Waals surface area (Å²) in [5.41, 5.74) is 8.06. The Morgan fingerprint density at radius 2 is 1.85 bits per heavy atom. The van der Waals surface area contributed by atoms with E-state index in [1.165, 1.54) is 37.7 Å². The van der Waals surface area contributed by atoms with Crippen LogP contribution in [0.3, 0.4) is 0 Å². The lowest BCUT2D eigenvalue weighted by molar-refractivity contribution is 0.443. The van der Waals surface area contributed by atoms with Crippen molar-refractivity contribution in [1.82, 2.24) is 15.2 Å². The summed E-state index contributed by atoms with van der Waals surface area (Å²) in [4.78, 5) is 4.47. The summed E-state index contributed by atoms with van der Waals surface area (Å²) in [5.74, 6) is 2.38. The van der Waals surface area contributed by atoms with E-state index < -0.39 is 0 Å². The fourth-order valence-electron chi connectivity index (χ4n) is 3.01. The fourth-order valence-corrected chi connectivity index (χ4v) is 3.01. The summed E-state index contributed by atoms with van der Waals surface area (Å²) >= 11 is 0. The zero-order valence-corrected chi connectivity index (χ0v) is 11.8. The summed E-state index contributed by atoms with van der Waals surface area (Å²) in [5, 5.41) is 7.20. The lowest BCUT2D eigenvalue weighted by Gasteiger charge is -2.21. The largest absolute Gasteiger partial charge is 0.330 e. The first-order valence-electron chi connectivity index (χ1n) is 7.58. The second-order valence-electron chi connectivity index (χ2n) is 5.60. The fraction of sp³-hybridized carbons (Fsp3) is 0.500. The van der Waals surface area contributed by atoms with E-state index in [9.17, 15) is 0 Å². The van der Waals surface area contributed by atoms with Crippen LogP contribution in [0, 0.1) is 0 Å². The summed E-state index contributed by atoms with van der Waals surface area (Å²) in [6.45, 7) is 0.593. The maximum atomic E-state index is 5.52. The van der Waals surface area contributed by atoms with Crippen molar-refractivity contribution in [3.63, 3.8) is 0 Å². The Hall–Kier alpha value is -1.68. The molecule has 0 aliphatic heterocycles. The van der Waals surface area contributed by atoms with Gasteiger partial charge < -0.3 is 5.73 Å². The second-order valence-corrected chi connectivity index (χ2v) is 5.60. The highest BCUT2D eigenvalue weighted by atomic mass is 15.2. The molecule has 4 nitrogen and oxygen atoms in total. The molecule has 1 fully saturated rings. The molecule has 1 aliphatic carbocycles. The van der Waals surface area contributed by atoms with Crippen LogP contribution in [-0.2, 0) is 6.42 Å². The van der Waals surface area contributed by atoms with Gasteiger partial charge in [0.25, 0.3) is 0 Å². The molecule has 106 valence electrons. The minimum Gasteiger partial charge on any atom is -0.330 e. The molecule has 0 radical (unpaired) electrons. The molecule has 0 saturated heterocycles. The number of nitrogens with one attached hydrogen (secondary N) is 1. The lowest BCUT2D eigenvalue weighted by atomic mass is 9.84. The van der Waals surface area contributed by atoms with Crippen molar-refractivity contribution in [2.45, 2.75) is 44.4 Å². The summed E-state index contributed by atoms with van der Waals surface area (Å²) < 4.78 is 0. The molecule has 0 bridgehead atoms. The van der Waals surface area contributed by atoms with Crippen LogP contribution in [0.4, 0.5) is 0 Å². The predicted molar refractivity (Wildman–Crippen MR) is 80.4 cm³/mol. The SMILES string of the molecule is NCCc1nc(-c2ccc(C3CCCCC3)cc2)n[nH]1. The van der Waals surface area contributed by atoms with E-state index in [1.54, 1.807) is 0 Å². The van der Waals surface area contributed by atoms with Gasteiger partial charge >= 0.3 is 0 Å². The first kappa shape index (κ1) is 13.3. The van der Waals surface area contributed by atoms with Crippen molar-refractivity contribution < 1.29 is 0 Å². The van der Waals surface area contributed by atoms with Crippen LogP contribution in [0.25, 0.3) is 11.4 Å². The van der Waals surface area contributed by atoms with Gasteiger partial charge in [-0.2, -0.15) is 5.10 Å². The zero-order valence-electron chi connectivity index (χ0n) is 11.8. The number of H-pyrrole nitrogens is 1. The first-order chi connectivity index (χ1) is 9.86. The Labute approximate surface area is 119 Å². The highest BCUT2D eigenvalue weighted by molar-refractivity contribution is 5.55. The first-order valence-corrected chi connectivity index (χ1v) is 7.58. The highest BCUT2D eigenvalue weighted by Gasteiger charge is 2.15. The Balaban J connectivity index is 1.74. The summed E-state index contributed by atoms with van der Waals surface area (Å²) in [6.07, 6.45) is 7.55. The van der Waals surface area contributed by atoms with Gasteiger partial charge in [0.2, 0.25) is 0 Å². The van der Waals surface area contributed by atoms with Crippen molar-refractivity contribution in [2.24, 2.45) is 5.73 Å². The third-order valence-corrected chi connectivity index (χ3v) is 4.16. The van der Waals surface area contributed by atoms with Gasteiger partial charge in [0.15, 0.2) is 5.82 Å². The lowest BCUT2D eigenvalue weighted by Crippen LogP contribution is -2.04. The summed E-state index contributed by atoms with van der Waals surface area (Å²) in [7, 11) is 0. The van der Waals surface area contributed by atoms with Crippen LogP contribution in [0.1, 0.15) is 49.4 Å². The van der Waals surface area contributed by atoms with Crippen LogP contribution in [0.15, 0.2) is 24.3 Å². The third-order valence-electron chi connectivity index (χ3n) is 4.16. The molecule has 1 heterocycles.